The molecule has 1 aliphatic rings. The molecule has 1 aromatic heterocycles. The molecule has 0 unspecified atom stereocenters. The molecule has 8 nitrogen and oxygen atoms in total. The molecule has 1 aliphatic carbocycles. The number of ether oxygens (including phenoxy) is 4. The molecule has 0 radical (unpaired) electrons. The molecule has 8 heteroatoms. The summed E-state index contributed by atoms with van der Waals surface area (Å²) in [5.41, 5.74) is 3.78. The number of Topliss-reactive ketones (excluding diaryl/α,β-unsaturated/α-hetero) is 1. The summed E-state index contributed by atoms with van der Waals surface area (Å²) in [4.78, 5) is 39.7. The largest absolute Gasteiger partial charge is 0.497 e. The molecule has 0 N–H and O–H groups in total. The highest BCUT2D eigenvalue weighted by Gasteiger charge is 2.54. The number of methoxy groups -OCH3 is 4. The van der Waals surface area contributed by atoms with Gasteiger partial charge in [0.2, 0.25) is 0 Å². The molecule has 0 aliphatic heterocycles. The zero-order valence-electron chi connectivity index (χ0n) is 26.8. The molecular formula is C38H38O8. The van der Waals surface area contributed by atoms with Crippen molar-refractivity contribution in [3.8, 4) is 17.1 Å². The third-order valence-corrected chi connectivity index (χ3v) is 8.58. The van der Waals surface area contributed by atoms with Gasteiger partial charge < -0.3 is 28.2 Å². The van der Waals surface area contributed by atoms with E-state index in [1.165, 1.54) is 14.2 Å². The van der Waals surface area contributed by atoms with E-state index in [-0.39, 0.29) is 25.0 Å². The number of carbonyl (C=O) groups is 3. The summed E-state index contributed by atoms with van der Waals surface area (Å²) >= 11 is 0. The Morgan fingerprint density at radius 3 is 1.93 bits per heavy atom. The molecular weight excluding hydrogens is 584 g/mol. The van der Waals surface area contributed by atoms with Crippen molar-refractivity contribution in [2.45, 2.75) is 38.7 Å². The topological polar surface area (TPSA) is 101 Å². The number of fused-ring (bicyclic) bond motifs is 1. The van der Waals surface area contributed by atoms with E-state index >= 15 is 0 Å². The average Bonchev–Trinajstić information content (AvgIpc) is 3.47. The lowest BCUT2D eigenvalue weighted by atomic mass is 9.68. The van der Waals surface area contributed by atoms with Gasteiger partial charge in [0, 0.05) is 43.1 Å². The van der Waals surface area contributed by atoms with Crippen molar-refractivity contribution < 1.29 is 37.7 Å². The normalized spacial score (nSPS) is 15.3. The molecule has 46 heavy (non-hydrogen) atoms. The quantitative estimate of drug-likeness (QED) is 0.127. The maximum atomic E-state index is 13.6. The lowest BCUT2D eigenvalue weighted by molar-refractivity contribution is -0.169. The van der Waals surface area contributed by atoms with E-state index in [9.17, 15) is 14.4 Å². The number of hydrogen-bond donors (Lipinski definition) is 0. The van der Waals surface area contributed by atoms with Gasteiger partial charge in [-0.1, -0.05) is 72.8 Å². The van der Waals surface area contributed by atoms with Gasteiger partial charge in [0.15, 0.2) is 5.41 Å². The van der Waals surface area contributed by atoms with Crippen LogP contribution in [0.3, 0.4) is 0 Å². The van der Waals surface area contributed by atoms with Gasteiger partial charge in [-0.2, -0.15) is 0 Å². The Balaban J connectivity index is 1.93. The van der Waals surface area contributed by atoms with E-state index in [2.05, 4.69) is 0 Å². The zero-order chi connectivity index (χ0) is 32.8. The van der Waals surface area contributed by atoms with E-state index in [1.807, 2.05) is 84.9 Å². The van der Waals surface area contributed by atoms with Gasteiger partial charge in [0.1, 0.15) is 29.2 Å². The standard InChI is InChI=1S/C38H38O8/c1-24(39)16-21-29(25-17-19-28(42-2)20-18-25)30-22-38(36(40)44-4,37(41)45-5)23-31-32(30)33(34(43-3)26-12-8-6-9-13-26)35(46-31)27-14-10-7-11-15-27/h6-15,17-20,34H,16,21-23H2,1-5H3/b30-29+/t34-/m0/s1. The molecule has 0 saturated heterocycles. The van der Waals surface area contributed by atoms with Crippen molar-refractivity contribution in [3.05, 3.63) is 113 Å². The highest BCUT2D eigenvalue weighted by molar-refractivity contribution is 6.06. The maximum absolute atomic E-state index is 13.6. The number of hydrogen-bond acceptors (Lipinski definition) is 8. The van der Waals surface area contributed by atoms with Gasteiger partial charge in [-0.15, -0.1) is 0 Å². The third-order valence-electron chi connectivity index (χ3n) is 8.58. The van der Waals surface area contributed by atoms with E-state index in [4.69, 9.17) is 23.4 Å². The van der Waals surface area contributed by atoms with E-state index in [0.29, 0.717) is 29.3 Å². The summed E-state index contributed by atoms with van der Waals surface area (Å²) in [5, 5.41) is 0. The van der Waals surface area contributed by atoms with Crippen LogP contribution in [0, 0.1) is 5.41 Å². The second-order valence-corrected chi connectivity index (χ2v) is 11.3. The van der Waals surface area contributed by atoms with E-state index in [1.54, 1.807) is 21.1 Å². The number of furan rings is 1. The molecule has 0 bridgehead atoms. The summed E-state index contributed by atoms with van der Waals surface area (Å²) in [6.45, 7) is 1.54. The van der Waals surface area contributed by atoms with Crippen LogP contribution < -0.4 is 4.74 Å². The minimum Gasteiger partial charge on any atom is -0.497 e. The second kappa shape index (κ2) is 14.0. The Morgan fingerprint density at radius 1 is 0.783 bits per heavy atom. The van der Waals surface area contributed by atoms with Crippen LogP contribution in [0.1, 0.15) is 60.3 Å². The number of carbonyl (C=O) groups excluding carboxylic acids is 3. The van der Waals surface area contributed by atoms with Gasteiger partial charge in [-0.3, -0.25) is 9.59 Å². The number of benzene rings is 3. The lowest BCUT2D eigenvalue weighted by Gasteiger charge is -2.34. The van der Waals surface area contributed by atoms with Crippen LogP contribution in [0.25, 0.3) is 22.5 Å². The number of ketones is 1. The van der Waals surface area contributed by atoms with Crippen molar-refractivity contribution >= 4 is 28.9 Å². The van der Waals surface area contributed by atoms with E-state index < -0.39 is 23.5 Å². The third kappa shape index (κ3) is 6.13. The highest BCUT2D eigenvalue weighted by atomic mass is 16.5. The van der Waals surface area contributed by atoms with Crippen LogP contribution >= 0.6 is 0 Å². The van der Waals surface area contributed by atoms with Crippen LogP contribution in [0.4, 0.5) is 0 Å². The van der Waals surface area contributed by atoms with E-state index in [0.717, 1.165) is 33.4 Å². The first-order valence-corrected chi connectivity index (χ1v) is 15.1. The van der Waals surface area contributed by atoms with Crippen LogP contribution in [0.2, 0.25) is 0 Å². The van der Waals surface area contributed by atoms with Crippen LogP contribution in [-0.4, -0.2) is 46.2 Å². The number of rotatable bonds is 11. The Hall–Kier alpha value is -4.95. The summed E-state index contributed by atoms with van der Waals surface area (Å²) in [7, 11) is 5.75. The molecule has 1 heterocycles. The Kier molecular flexibility index (Phi) is 9.87. The first-order valence-electron chi connectivity index (χ1n) is 15.1. The molecule has 0 spiro atoms. The molecule has 5 rings (SSSR count). The summed E-state index contributed by atoms with van der Waals surface area (Å²) in [5.74, 6) is 0.206. The number of allylic oxidation sites excluding steroid dienone is 2. The minimum atomic E-state index is -1.72. The molecule has 238 valence electrons. The minimum absolute atomic E-state index is 0.00582. The lowest BCUT2D eigenvalue weighted by Crippen LogP contribution is -2.45. The zero-order valence-corrected chi connectivity index (χ0v) is 26.8. The Morgan fingerprint density at radius 2 is 1.39 bits per heavy atom. The second-order valence-electron chi connectivity index (χ2n) is 11.3. The van der Waals surface area contributed by atoms with Gasteiger partial charge in [-0.05, 0) is 47.8 Å². The maximum Gasteiger partial charge on any atom is 0.324 e. The van der Waals surface area contributed by atoms with Crippen molar-refractivity contribution in [1.82, 2.24) is 0 Å². The molecule has 4 aromatic rings. The van der Waals surface area contributed by atoms with Crippen LogP contribution in [-0.2, 0) is 35.0 Å². The summed E-state index contributed by atoms with van der Waals surface area (Å²) < 4.78 is 28.9. The Bertz CT molecular complexity index is 1720. The first kappa shape index (κ1) is 32.4. The van der Waals surface area contributed by atoms with Gasteiger partial charge >= 0.3 is 11.9 Å². The van der Waals surface area contributed by atoms with Gasteiger partial charge in [0.25, 0.3) is 0 Å². The van der Waals surface area contributed by atoms with Crippen molar-refractivity contribution in [1.29, 1.82) is 0 Å². The summed E-state index contributed by atoms with van der Waals surface area (Å²) in [6, 6.07) is 27.0. The predicted molar refractivity (Wildman–Crippen MR) is 174 cm³/mol. The highest BCUT2D eigenvalue weighted by Crippen LogP contribution is 2.53. The number of esters is 2. The van der Waals surface area contributed by atoms with Crippen LogP contribution in [0.5, 0.6) is 5.75 Å². The molecule has 0 fully saturated rings. The molecule has 1 atom stereocenters. The SMILES string of the molecule is COC(=O)C1(C(=O)OC)C/C(=C(/CCC(C)=O)c2ccc(OC)cc2)c2c(oc(-c3ccccc3)c2[C@@H](OC)c2ccccc2)C1. The molecule has 0 saturated carbocycles. The van der Waals surface area contributed by atoms with Crippen LogP contribution in [0.15, 0.2) is 89.3 Å². The van der Waals surface area contributed by atoms with Gasteiger partial charge in [-0.25, -0.2) is 0 Å². The smallest absolute Gasteiger partial charge is 0.324 e. The average molecular weight is 623 g/mol. The fraction of sp³-hybridized carbons (Fsp3) is 0.289. The first-order chi connectivity index (χ1) is 22.3. The summed E-state index contributed by atoms with van der Waals surface area (Å²) in [6.07, 6.45) is -0.0889. The van der Waals surface area contributed by atoms with Crippen molar-refractivity contribution in [2.75, 3.05) is 28.4 Å². The predicted octanol–water partition coefficient (Wildman–Crippen LogP) is 7.25. The monoisotopic (exact) mass is 622 g/mol. The molecule has 3 aromatic carbocycles. The van der Waals surface area contributed by atoms with Crippen molar-refractivity contribution in [3.63, 3.8) is 0 Å². The fourth-order valence-corrected chi connectivity index (χ4v) is 6.36. The molecule has 0 amide bonds. The van der Waals surface area contributed by atoms with Gasteiger partial charge in [0.05, 0.1) is 21.3 Å². The Labute approximate surface area is 268 Å². The fourth-order valence-electron chi connectivity index (χ4n) is 6.36. The van der Waals surface area contributed by atoms with Crippen molar-refractivity contribution in [2.24, 2.45) is 5.41 Å².